The lowest BCUT2D eigenvalue weighted by molar-refractivity contribution is -0.138. The molecule has 0 unspecified atom stereocenters. The van der Waals surface area contributed by atoms with Gasteiger partial charge in [-0.2, -0.15) is 0 Å². The lowest BCUT2D eigenvalue weighted by Gasteiger charge is -2.26. The Morgan fingerprint density at radius 2 is 1.93 bits per heavy atom. The Bertz CT molecular complexity index is 614. The number of benzene rings is 1. The highest BCUT2D eigenvalue weighted by Gasteiger charge is 2.11. The zero-order valence-corrected chi connectivity index (χ0v) is 16.0. The van der Waals surface area contributed by atoms with Gasteiger partial charge in [-0.15, -0.1) is 0 Å². The zero-order valence-electron chi connectivity index (χ0n) is 16.0. The van der Waals surface area contributed by atoms with Gasteiger partial charge in [-0.1, -0.05) is 12.5 Å². The van der Waals surface area contributed by atoms with Crippen LogP contribution in [0.1, 0.15) is 37.7 Å². The molecule has 27 heavy (non-hydrogen) atoms. The van der Waals surface area contributed by atoms with Gasteiger partial charge in [0.05, 0.1) is 13.5 Å². The van der Waals surface area contributed by atoms with Crippen molar-refractivity contribution in [3.63, 3.8) is 0 Å². The molecule has 1 fully saturated rings. The van der Waals surface area contributed by atoms with Crippen LogP contribution in [0.3, 0.4) is 0 Å². The number of carboxylic acid groups (broad SMARTS) is 1. The van der Waals surface area contributed by atoms with Gasteiger partial charge in [0.25, 0.3) is 0 Å². The van der Waals surface area contributed by atoms with Crippen molar-refractivity contribution < 1.29 is 24.2 Å². The van der Waals surface area contributed by atoms with Crippen LogP contribution in [-0.4, -0.2) is 61.8 Å². The predicted octanol–water partition coefficient (Wildman–Crippen LogP) is 2.08. The van der Waals surface area contributed by atoms with Crippen LogP contribution in [0.25, 0.3) is 0 Å². The normalized spacial score (nSPS) is 14.6. The number of carbonyl (C=O) groups excluding carboxylic acids is 1. The molecule has 0 atom stereocenters. The van der Waals surface area contributed by atoms with E-state index in [1.807, 2.05) is 18.2 Å². The number of carboxylic acids is 1. The van der Waals surface area contributed by atoms with E-state index in [-0.39, 0.29) is 18.7 Å². The molecule has 7 nitrogen and oxygen atoms in total. The molecule has 0 saturated carbocycles. The van der Waals surface area contributed by atoms with Crippen LogP contribution >= 0.6 is 0 Å². The molecule has 1 saturated heterocycles. The number of likely N-dealkylation sites (tertiary alicyclic amines) is 1. The third-order valence-electron chi connectivity index (χ3n) is 4.64. The van der Waals surface area contributed by atoms with Gasteiger partial charge < -0.3 is 19.9 Å². The number of hydrogen-bond acceptors (Lipinski definition) is 5. The van der Waals surface area contributed by atoms with Gasteiger partial charge in [-0.25, -0.2) is 0 Å². The summed E-state index contributed by atoms with van der Waals surface area (Å²) in [6, 6.07) is 5.78. The molecule has 0 aromatic heterocycles. The van der Waals surface area contributed by atoms with E-state index in [1.54, 1.807) is 7.11 Å². The van der Waals surface area contributed by atoms with Gasteiger partial charge in [0, 0.05) is 19.5 Å². The van der Waals surface area contributed by atoms with Crippen molar-refractivity contribution in [3.05, 3.63) is 23.8 Å². The van der Waals surface area contributed by atoms with E-state index in [1.165, 1.54) is 19.3 Å². The third kappa shape index (κ3) is 7.86. The highest BCUT2D eigenvalue weighted by Crippen LogP contribution is 2.28. The summed E-state index contributed by atoms with van der Waals surface area (Å²) >= 11 is 0. The molecule has 150 valence electrons. The minimum Gasteiger partial charge on any atom is -0.493 e. The number of carbonyl (C=O) groups is 2. The second-order valence-electron chi connectivity index (χ2n) is 6.73. The minimum atomic E-state index is -0.967. The summed E-state index contributed by atoms with van der Waals surface area (Å²) in [5, 5.41) is 11.3. The molecule has 1 aliphatic rings. The van der Waals surface area contributed by atoms with E-state index in [0.29, 0.717) is 25.3 Å². The van der Waals surface area contributed by atoms with E-state index in [2.05, 4.69) is 10.2 Å². The van der Waals surface area contributed by atoms with Gasteiger partial charge in [0.1, 0.15) is 6.61 Å². The highest BCUT2D eigenvalue weighted by molar-refractivity contribution is 5.80. The Hall–Kier alpha value is -2.28. The minimum absolute atomic E-state index is 0.00243. The van der Waals surface area contributed by atoms with Gasteiger partial charge >= 0.3 is 5.97 Å². The fourth-order valence-electron chi connectivity index (χ4n) is 3.11. The molecular weight excluding hydrogens is 348 g/mol. The molecule has 0 bridgehead atoms. The van der Waals surface area contributed by atoms with Gasteiger partial charge in [0.2, 0.25) is 5.91 Å². The quantitative estimate of drug-likeness (QED) is 0.613. The Balaban J connectivity index is 1.75. The highest BCUT2D eigenvalue weighted by atomic mass is 16.5. The van der Waals surface area contributed by atoms with Crippen LogP contribution in [0.5, 0.6) is 11.5 Å². The number of nitrogens with zero attached hydrogens (tertiary/aromatic N) is 1. The van der Waals surface area contributed by atoms with Crippen LogP contribution < -0.4 is 14.8 Å². The first-order valence-corrected chi connectivity index (χ1v) is 9.59. The van der Waals surface area contributed by atoms with Crippen molar-refractivity contribution in [2.24, 2.45) is 0 Å². The monoisotopic (exact) mass is 378 g/mol. The molecule has 1 aromatic carbocycles. The van der Waals surface area contributed by atoms with E-state index in [9.17, 15) is 9.59 Å². The maximum absolute atomic E-state index is 11.5. The number of nitrogens with one attached hydrogen (secondary N) is 1. The van der Waals surface area contributed by atoms with Crippen molar-refractivity contribution in [1.82, 2.24) is 10.2 Å². The number of hydrogen-bond donors (Lipinski definition) is 2. The molecule has 7 heteroatoms. The molecule has 1 amide bonds. The third-order valence-corrected chi connectivity index (χ3v) is 4.64. The van der Waals surface area contributed by atoms with Crippen LogP contribution in [0.2, 0.25) is 0 Å². The molecule has 0 aliphatic carbocycles. The van der Waals surface area contributed by atoms with Crippen molar-refractivity contribution in [2.75, 3.05) is 39.9 Å². The molecular formula is C20H30N2O5. The smallest absolute Gasteiger partial charge is 0.303 e. The van der Waals surface area contributed by atoms with Crippen LogP contribution in [0.15, 0.2) is 18.2 Å². The number of amides is 1. The van der Waals surface area contributed by atoms with Gasteiger partial charge in [0.15, 0.2) is 11.5 Å². The zero-order chi connectivity index (χ0) is 19.5. The summed E-state index contributed by atoms with van der Waals surface area (Å²) in [4.78, 5) is 24.4. The number of aliphatic carboxylic acids is 1. The predicted molar refractivity (Wildman–Crippen MR) is 102 cm³/mol. The molecule has 1 aromatic rings. The standard InChI is InChI=1S/C20H30N2O5/c1-26-18-15-16(9-10-21-19(23)7-8-20(24)25)5-6-17(18)27-14-13-22-11-3-2-4-12-22/h5-6,15H,2-4,7-14H2,1H3,(H,21,23)(H,24,25). The molecule has 0 spiro atoms. The van der Waals surface area contributed by atoms with Crippen LogP contribution in [0.4, 0.5) is 0 Å². The maximum atomic E-state index is 11.5. The summed E-state index contributed by atoms with van der Waals surface area (Å²) < 4.78 is 11.3. The molecule has 1 heterocycles. The Kier molecular flexibility index (Phi) is 8.91. The number of piperidine rings is 1. The van der Waals surface area contributed by atoms with E-state index in [4.69, 9.17) is 14.6 Å². The fourth-order valence-corrected chi connectivity index (χ4v) is 3.11. The fraction of sp³-hybridized carbons (Fsp3) is 0.600. The van der Waals surface area contributed by atoms with E-state index < -0.39 is 5.97 Å². The maximum Gasteiger partial charge on any atom is 0.303 e. The lowest BCUT2D eigenvalue weighted by atomic mass is 10.1. The summed E-state index contributed by atoms with van der Waals surface area (Å²) in [7, 11) is 1.62. The average Bonchev–Trinajstić information content (AvgIpc) is 2.68. The van der Waals surface area contributed by atoms with E-state index >= 15 is 0 Å². The summed E-state index contributed by atoms with van der Waals surface area (Å²) in [5.74, 6) is 0.194. The number of ether oxygens (including phenoxy) is 2. The summed E-state index contributed by atoms with van der Waals surface area (Å²) in [6.07, 6.45) is 4.36. The first kappa shape index (κ1) is 21.0. The number of rotatable bonds is 11. The first-order valence-electron chi connectivity index (χ1n) is 9.59. The average molecular weight is 378 g/mol. The van der Waals surface area contributed by atoms with Crippen molar-refractivity contribution in [2.45, 2.75) is 38.5 Å². The number of methoxy groups -OCH3 is 1. The Morgan fingerprint density at radius 1 is 1.15 bits per heavy atom. The first-order chi connectivity index (χ1) is 13.1. The molecule has 1 aliphatic heterocycles. The molecule has 2 rings (SSSR count). The SMILES string of the molecule is COc1cc(CCNC(=O)CCC(=O)O)ccc1OCCN1CCCCC1. The van der Waals surface area contributed by atoms with Crippen LogP contribution in [-0.2, 0) is 16.0 Å². The lowest BCUT2D eigenvalue weighted by Crippen LogP contribution is -2.33. The molecule has 2 N–H and O–H groups in total. The van der Waals surface area contributed by atoms with Crippen molar-refractivity contribution in [3.8, 4) is 11.5 Å². The van der Waals surface area contributed by atoms with Crippen molar-refractivity contribution in [1.29, 1.82) is 0 Å². The van der Waals surface area contributed by atoms with Gasteiger partial charge in [-0.3, -0.25) is 14.5 Å². The Morgan fingerprint density at radius 3 is 2.63 bits per heavy atom. The van der Waals surface area contributed by atoms with E-state index in [0.717, 1.165) is 30.9 Å². The Labute approximate surface area is 160 Å². The van der Waals surface area contributed by atoms with Crippen LogP contribution in [0, 0.1) is 0 Å². The second kappa shape index (κ2) is 11.4. The topological polar surface area (TPSA) is 88.1 Å². The molecule has 0 radical (unpaired) electrons. The summed E-state index contributed by atoms with van der Waals surface area (Å²) in [6.45, 7) is 4.31. The largest absolute Gasteiger partial charge is 0.493 e. The second-order valence-corrected chi connectivity index (χ2v) is 6.73. The summed E-state index contributed by atoms with van der Waals surface area (Å²) in [5.41, 5.74) is 1.02. The van der Waals surface area contributed by atoms with Gasteiger partial charge in [-0.05, 0) is 50.0 Å². The van der Waals surface area contributed by atoms with Crippen molar-refractivity contribution >= 4 is 11.9 Å².